The average Bonchev–Trinajstić information content (AvgIpc) is 1.83. The molecular weight excluding hydrogens is 1800 g/mol. The molecule has 0 aliphatic carbocycles. The molecule has 13 N–H and O–H groups in total. The number of Topliss-reactive ketones (excluding diaryl/α,β-unsaturated/α-hetero) is 3. The first-order valence-corrected chi connectivity index (χ1v) is 50.1. The molecule has 35 nitrogen and oxygen atoms in total. The van der Waals surface area contributed by atoms with Gasteiger partial charge in [0.15, 0.2) is 18.9 Å². The second kappa shape index (κ2) is 73.0. The second-order valence-corrected chi connectivity index (χ2v) is 37.6. The number of rotatable bonds is 77. The first kappa shape index (κ1) is 120. The molecule has 4 amide bonds. The molecule has 129 heavy (non-hydrogen) atoms. The Kier molecular flexibility index (Phi) is 67.8. The molecule has 0 saturated carbocycles. The predicted octanol–water partition coefficient (Wildman–Crippen LogP) is 7.09. The smallest absolute Gasteiger partial charge is 0.407 e. The molecule has 4 aliphatic heterocycles. The van der Waals surface area contributed by atoms with Gasteiger partial charge in [0, 0.05) is 165 Å². The molecule has 0 aromatic rings. The molecular formula is C91H162N4O31S2Y. The average molecular weight is 1960 g/mol. The van der Waals surface area contributed by atoms with Crippen LogP contribution in [0.1, 0.15) is 272 Å². The van der Waals surface area contributed by atoms with Gasteiger partial charge in [-0.05, 0) is 127 Å². The van der Waals surface area contributed by atoms with Gasteiger partial charge < -0.3 is 129 Å². The van der Waals surface area contributed by atoms with Crippen molar-refractivity contribution in [1.29, 1.82) is 0 Å². The number of methoxy groups -OCH3 is 1. The van der Waals surface area contributed by atoms with Crippen molar-refractivity contribution in [1.82, 2.24) is 20.9 Å². The summed E-state index contributed by atoms with van der Waals surface area (Å²) in [7, 11) is 4.95. The number of likely N-dealkylation sites (tertiary alicyclic amines) is 1. The number of carbonyl (C=O) groups is 9. The number of ketones is 3. The molecule has 1 radical (unpaired) electrons. The van der Waals surface area contributed by atoms with Crippen LogP contribution in [0.4, 0.5) is 4.79 Å². The Labute approximate surface area is 798 Å². The molecule has 38 heteroatoms. The molecule has 4 rings (SSSR count). The summed E-state index contributed by atoms with van der Waals surface area (Å²) in [6.07, 6.45) is 7.74. The van der Waals surface area contributed by atoms with Crippen LogP contribution in [0.15, 0.2) is 0 Å². The van der Waals surface area contributed by atoms with Crippen LogP contribution in [0.5, 0.6) is 0 Å². The molecule has 0 aromatic carbocycles. The van der Waals surface area contributed by atoms with Crippen LogP contribution in [0.3, 0.4) is 0 Å². The van der Waals surface area contributed by atoms with Crippen LogP contribution in [0.25, 0.3) is 0 Å². The van der Waals surface area contributed by atoms with Crippen molar-refractivity contribution >= 4 is 74.7 Å². The number of ether oxygens (including phenoxy) is 12. The monoisotopic (exact) mass is 1960 g/mol. The van der Waals surface area contributed by atoms with E-state index >= 15 is 0 Å². The fourth-order valence-electron chi connectivity index (χ4n) is 16.2. The van der Waals surface area contributed by atoms with Gasteiger partial charge in [-0.1, -0.05) is 107 Å². The quantitative estimate of drug-likeness (QED) is 0.0125. The minimum atomic E-state index is -1.23. The van der Waals surface area contributed by atoms with E-state index in [1.165, 1.54) is 0 Å². The topological polar surface area (TPSA) is 506 Å². The summed E-state index contributed by atoms with van der Waals surface area (Å²) in [6, 6.07) is -0.232. The largest absolute Gasteiger partial charge is 0.466 e. The zero-order valence-electron chi connectivity index (χ0n) is 77.8. The van der Waals surface area contributed by atoms with Crippen LogP contribution < -0.4 is 16.0 Å². The maximum Gasteiger partial charge on any atom is 0.407 e. The van der Waals surface area contributed by atoms with Gasteiger partial charge >= 0.3 is 18.0 Å². The van der Waals surface area contributed by atoms with E-state index in [1.807, 2.05) is 6.92 Å². The van der Waals surface area contributed by atoms with E-state index in [1.54, 1.807) is 54.4 Å². The van der Waals surface area contributed by atoms with E-state index in [0.29, 0.717) is 161 Å². The summed E-state index contributed by atoms with van der Waals surface area (Å²) in [5.41, 5.74) is -0.676. The second-order valence-electron chi connectivity index (χ2n) is 34.9. The van der Waals surface area contributed by atoms with E-state index in [0.717, 1.165) is 95.0 Å². The van der Waals surface area contributed by atoms with Crippen molar-refractivity contribution in [3.05, 3.63) is 0 Å². The predicted molar refractivity (Wildman–Crippen MR) is 478 cm³/mol. The maximum atomic E-state index is 14.2. The van der Waals surface area contributed by atoms with Gasteiger partial charge in [0.25, 0.3) is 0 Å². The fraction of sp³-hybridized carbons (Fsp3) is 0.901. The summed E-state index contributed by atoms with van der Waals surface area (Å²) in [6.45, 7) is 9.37. The number of aliphatic hydroxyl groups is 10. The normalized spacial score (nSPS) is 24.7. The first-order chi connectivity index (χ1) is 61.7. The van der Waals surface area contributed by atoms with Gasteiger partial charge in [0.1, 0.15) is 54.0 Å². The van der Waals surface area contributed by atoms with E-state index in [-0.39, 0.29) is 196 Å². The first-order valence-electron chi connectivity index (χ1n) is 47.6. The SMILES string of the molecule is CO[C@H]1C[C@H](CO)N(C(=O)CCCC(C)C(=O)CCCSSCCOCCOCCC(=O)CC(CCCOC(=O)CCCCCCCNC(=O)CCCOC2OC(CO)C(O)C(O)C2C)(CCCOC(=O)CCCCCCCNC(=O)CCCOC2OC(CO)C(O)C(O)C2C)CCCOC(=O)NCCCCCCCC(=O)CCCOC2OC(CO)C(O)C(O)C2C)C1.[Y]. The third-order valence-corrected chi connectivity index (χ3v) is 26.9. The molecule has 18 atom stereocenters. The third-order valence-electron chi connectivity index (χ3n) is 24.4. The zero-order valence-corrected chi connectivity index (χ0v) is 82.3. The number of carbonyl (C=O) groups excluding carboxylic acids is 9. The van der Waals surface area contributed by atoms with Crippen molar-refractivity contribution in [2.45, 2.75) is 358 Å². The number of alkyl carbamates (subject to hydrolysis) is 1. The van der Waals surface area contributed by atoms with E-state index in [9.17, 15) is 94.2 Å². The summed E-state index contributed by atoms with van der Waals surface area (Å²) < 4.78 is 68.4. The number of unbranched alkanes of at least 4 members (excludes halogenated alkanes) is 12. The molecule has 4 fully saturated rings. The number of nitrogens with one attached hydrogen (secondary N) is 3. The molecule has 4 aliphatic rings. The number of nitrogens with zero attached hydrogens (tertiary/aromatic N) is 1. The Balaban J connectivity index is 0.0000429. The van der Waals surface area contributed by atoms with Gasteiger partial charge in [-0.3, -0.25) is 38.4 Å². The minimum absolute atomic E-state index is 0. The zero-order chi connectivity index (χ0) is 93.7. The Morgan fingerprint density at radius 2 is 0.837 bits per heavy atom. The Morgan fingerprint density at radius 3 is 1.30 bits per heavy atom. The van der Waals surface area contributed by atoms with Crippen molar-refractivity contribution < 1.29 is 184 Å². The molecule has 16 unspecified atom stereocenters. The number of hydrogen-bond acceptors (Lipinski definition) is 33. The van der Waals surface area contributed by atoms with Crippen molar-refractivity contribution in [3.63, 3.8) is 0 Å². The van der Waals surface area contributed by atoms with Crippen molar-refractivity contribution in [2.24, 2.45) is 29.1 Å². The standard InChI is InChI=1S/C91H162N4O31S2.Y/c1-64(29-21-35-78(105)95-59-71(115-5)57-68(95)60-96)72(102)32-25-55-127-128-56-54-117-53-52-116-51-38-70(101)58-91(39-26-48-118-79(106)36-16-10-7-12-18-42-92-76(103)33-23-46-121-88-66(3)82(109)85(112)74(62-98)125-88,40-27-49-119-80(107)37-17-11-8-13-19-43-93-77(104)34-24-47-122-89-67(4)83(110)86(113)75(63-99)126-89)41-28-50-123-90(114)94-44-20-14-6-9-15-30-69(100)31-22-45-120-87-65(2)81(108)84(111)73(61-97)124-87;/h64-68,71,73-75,81-89,96-99,108-113H,6-63H2,1-5H3,(H,92,103)(H,93,104)(H,94,114);/t64?,65?,66?,67?,68-,71+,73?,74?,75?,81?,82?,83?,84?,85?,86?,87?,88?,89?,91?;/m1./s1. The number of hydrogen-bond donors (Lipinski definition) is 13. The molecule has 0 aromatic heterocycles. The van der Waals surface area contributed by atoms with Crippen LogP contribution >= 0.6 is 21.6 Å². The van der Waals surface area contributed by atoms with Gasteiger partial charge in [-0.25, -0.2) is 4.79 Å². The Morgan fingerprint density at radius 1 is 0.419 bits per heavy atom. The van der Waals surface area contributed by atoms with Gasteiger partial charge in [-0.15, -0.1) is 0 Å². The van der Waals surface area contributed by atoms with Crippen molar-refractivity contribution in [3.8, 4) is 0 Å². The van der Waals surface area contributed by atoms with Crippen LogP contribution in [0.2, 0.25) is 0 Å². The third kappa shape index (κ3) is 51.1. The van der Waals surface area contributed by atoms with E-state index in [2.05, 4.69) is 16.0 Å². The Hall–Kier alpha value is -3.33. The summed E-state index contributed by atoms with van der Waals surface area (Å²) in [5, 5.41) is 108. The molecule has 4 heterocycles. The summed E-state index contributed by atoms with van der Waals surface area (Å²) in [4.78, 5) is 119. The number of aliphatic hydroxyl groups excluding tert-OH is 10. The van der Waals surface area contributed by atoms with E-state index < -0.39 is 123 Å². The number of esters is 2. The minimum Gasteiger partial charge on any atom is -0.466 e. The Bertz CT molecular complexity index is 2800. The summed E-state index contributed by atoms with van der Waals surface area (Å²) in [5.74, 6) is -0.913. The number of amides is 4. The maximum absolute atomic E-state index is 14.2. The molecule has 0 bridgehead atoms. The van der Waals surface area contributed by atoms with Crippen LogP contribution in [-0.2, 0) is 128 Å². The molecule has 747 valence electrons. The van der Waals surface area contributed by atoms with Gasteiger partial charge in [-0.2, -0.15) is 0 Å². The summed E-state index contributed by atoms with van der Waals surface area (Å²) >= 11 is 0. The van der Waals surface area contributed by atoms with Crippen molar-refractivity contribution in [2.75, 3.05) is 137 Å². The van der Waals surface area contributed by atoms with E-state index in [4.69, 9.17) is 56.8 Å². The van der Waals surface area contributed by atoms with Gasteiger partial charge in [0.05, 0.1) is 123 Å². The fourth-order valence-corrected chi connectivity index (χ4v) is 18.2. The van der Waals surface area contributed by atoms with Gasteiger partial charge in [0.2, 0.25) is 17.7 Å². The molecule has 0 spiro atoms. The van der Waals surface area contributed by atoms with Crippen LogP contribution in [-0.4, -0.2) is 332 Å². The molecule has 4 saturated heterocycles. The van der Waals surface area contributed by atoms with Crippen LogP contribution in [0, 0.1) is 29.1 Å².